The number of nitro groups is 1. The van der Waals surface area contributed by atoms with Crippen LogP contribution in [0.5, 0.6) is 0 Å². The molecule has 102 valence electrons. The maximum Gasteiger partial charge on any atom is 0.282 e. The number of halogens is 1. The van der Waals surface area contributed by atoms with Crippen LogP contribution in [-0.2, 0) is 0 Å². The quantitative estimate of drug-likeness (QED) is 0.511. The third-order valence-corrected chi connectivity index (χ3v) is 2.84. The van der Waals surface area contributed by atoms with Gasteiger partial charge in [-0.3, -0.25) is 10.1 Å². The minimum atomic E-state index is -0.517. The van der Waals surface area contributed by atoms with E-state index in [1.807, 2.05) is 6.07 Å². The highest BCUT2D eigenvalue weighted by Crippen LogP contribution is 2.31. The molecule has 0 unspecified atom stereocenters. The topological polar surface area (TPSA) is 105 Å². The number of aromatic nitrogens is 1. The molecule has 0 aliphatic carbocycles. The second kappa shape index (κ2) is 6.16. The van der Waals surface area contributed by atoms with Gasteiger partial charge in [0, 0.05) is 17.9 Å². The predicted octanol–water partition coefficient (Wildman–Crippen LogP) is 2.93. The molecule has 1 heterocycles. The largest absolute Gasteiger partial charge is 0.419 e. The van der Waals surface area contributed by atoms with Gasteiger partial charge in [0.2, 0.25) is 17.5 Å². The van der Waals surface area contributed by atoms with Gasteiger partial charge < -0.3 is 9.73 Å². The third-order valence-electron chi connectivity index (χ3n) is 2.44. The zero-order valence-electron chi connectivity index (χ0n) is 10.2. The second-order valence-electron chi connectivity index (χ2n) is 3.70. The van der Waals surface area contributed by atoms with Crippen molar-refractivity contribution in [3.8, 4) is 17.5 Å². The van der Waals surface area contributed by atoms with Crippen molar-refractivity contribution in [2.24, 2.45) is 0 Å². The van der Waals surface area contributed by atoms with Crippen LogP contribution in [0, 0.1) is 21.4 Å². The molecule has 0 saturated carbocycles. The van der Waals surface area contributed by atoms with Crippen LogP contribution in [0.2, 0.25) is 0 Å². The molecular weight excluding hydrogens is 328 g/mol. The van der Waals surface area contributed by atoms with Crippen molar-refractivity contribution in [2.75, 3.05) is 17.2 Å². The Labute approximate surface area is 122 Å². The Balaban J connectivity index is 2.46. The van der Waals surface area contributed by atoms with E-state index in [9.17, 15) is 10.1 Å². The van der Waals surface area contributed by atoms with Crippen molar-refractivity contribution in [1.29, 1.82) is 5.26 Å². The van der Waals surface area contributed by atoms with Crippen molar-refractivity contribution in [2.45, 2.75) is 0 Å². The standard InChI is InChI=1S/C12H9BrN4O3/c13-5-6-15-12-9(7-14)16-11(20-12)8-3-1-2-4-10(8)17(18)19/h1-4,15H,5-6H2. The summed E-state index contributed by atoms with van der Waals surface area (Å²) in [6.45, 7) is 0.542. The molecule has 0 saturated heterocycles. The number of benzene rings is 1. The molecule has 7 nitrogen and oxygen atoms in total. The molecule has 0 bridgehead atoms. The van der Waals surface area contributed by atoms with Crippen LogP contribution >= 0.6 is 15.9 Å². The van der Waals surface area contributed by atoms with Crippen LogP contribution in [0.3, 0.4) is 0 Å². The summed E-state index contributed by atoms with van der Waals surface area (Å²) in [5.74, 6) is 0.256. The number of anilines is 1. The molecular formula is C12H9BrN4O3. The van der Waals surface area contributed by atoms with E-state index < -0.39 is 4.92 Å². The Kier molecular flexibility index (Phi) is 4.32. The van der Waals surface area contributed by atoms with E-state index in [-0.39, 0.29) is 28.7 Å². The molecule has 20 heavy (non-hydrogen) atoms. The van der Waals surface area contributed by atoms with E-state index >= 15 is 0 Å². The van der Waals surface area contributed by atoms with E-state index in [1.54, 1.807) is 12.1 Å². The minimum Gasteiger partial charge on any atom is -0.419 e. The smallest absolute Gasteiger partial charge is 0.282 e. The number of nitrogens with zero attached hydrogens (tertiary/aromatic N) is 3. The lowest BCUT2D eigenvalue weighted by Gasteiger charge is -1.99. The van der Waals surface area contributed by atoms with Crippen molar-refractivity contribution in [3.63, 3.8) is 0 Å². The van der Waals surface area contributed by atoms with Crippen molar-refractivity contribution >= 4 is 27.5 Å². The lowest BCUT2D eigenvalue weighted by atomic mass is 10.2. The summed E-state index contributed by atoms with van der Waals surface area (Å²) in [6, 6.07) is 7.97. The van der Waals surface area contributed by atoms with Crippen LogP contribution in [-0.4, -0.2) is 21.8 Å². The maximum absolute atomic E-state index is 11.0. The third kappa shape index (κ3) is 2.78. The average molecular weight is 337 g/mol. The van der Waals surface area contributed by atoms with E-state index in [2.05, 4.69) is 26.2 Å². The molecule has 0 atom stereocenters. The molecule has 0 radical (unpaired) electrons. The van der Waals surface area contributed by atoms with Gasteiger partial charge in [-0.15, -0.1) is 0 Å². The fraction of sp³-hybridized carbons (Fsp3) is 0.167. The van der Waals surface area contributed by atoms with E-state index in [0.717, 1.165) is 0 Å². The number of hydrogen-bond donors (Lipinski definition) is 1. The lowest BCUT2D eigenvalue weighted by molar-refractivity contribution is -0.384. The highest BCUT2D eigenvalue weighted by Gasteiger charge is 2.21. The molecule has 0 aliphatic rings. The Morgan fingerprint density at radius 2 is 2.25 bits per heavy atom. The fourth-order valence-electron chi connectivity index (χ4n) is 1.61. The molecule has 0 amide bonds. The minimum absolute atomic E-state index is 0.0472. The first-order chi connectivity index (χ1) is 9.67. The van der Waals surface area contributed by atoms with Gasteiger partial charge in [0.05, 0.1) is 4.92 Å². The summed E-state index contributed by atoms with van der Waals surface area (Å²) in [5, 5.41) is 23.5. The number of nitrogens with one attached hydrogen (secondary N) is 1. The molecule has 1 aromatic heterocycles. The SMILES string of the molecule is N#Cc1nc(-c2ccccc2[N+](=O)[O-])oc1NCCBr. The average Bonchev–Trinajstić information content (AvgIpc) is 2.88. The molecule has 2 rings (SSSR count). The van der Waals surface area contributed by atoms with E-state index in [4.69, 9.17) is 9.68 Å². The molecule has 1 N–H and O–H groups in total. The fourth-order valence-corrected chi connectivity index (χ4v) is 1.80. The number of para-hydroxylation sites is 1. The molecule has 1 aromatic carbocycles. The monoisotopic (exact) mass is 336 g/mol. The van der Waals surface area contributed by atoms with E-state index in [1.165, 1.54) is 12.1 Å². The Morgan fingerprint density at radius 1 is 1.50 bits per heavy atom. The van der Waals surface area contributed by atoms with Gasteiger partial charge in [-0.25, -0.2) is 0 Å². The van der Waals surface area contributed by atoms with Gasteiger partial charge in [-0.2, -0.15) is 10.2 Å². The summed E-state index contributed by atoms with van der Waals surface area (Å²) >= 11 is 3.24. The lowest BCUT2D eigenvalue weighted by Crippen LogP contribution is -2.02. The predicted molar refractivity (Wildman–Crippen MR) is 75.6 cm³/mol. The van der Waals surface area contributed by atoms with Gasteiger partial charge in [0.15, 0.2) is 0 Å². The van der Waals surface area contributed by atoms with Gasteiger partial charge in [0.25, 0.3) is 5.69 Å². The van der Waals surface area contributed by atoms with Gasteiger partial charge in [0.1, 0.15) is 11.6 Å². The summed E-state index contributed by atoms with van der Waals surface area (Å²) in [7, 11) is 0. The Hall–Kier alpha value is -2.40. The summed E-state index contributed by atoms with van der Waals surface area (Å²) < 4.78 is 5.41. The van der Waals surface area contributed by atoms with Crippen LogP contribution in [0.25, 0.3) is 11.5 Å². The number of hydrogen-bond acceptors (Lipinski definition) is 6. The molecule has 0 spiro atoms. The van der Waals surface area contributed by atoms with Crippen molar-refractivity contribution < 1.29 is 9.34 Å². The summed E-state index contributed by atoms with van der Waals surface area (Å²) in [6.07, 6.45) is 0. The Morgan fingerprint density at radius 3 is 2.90 bits per heavy atom. The van der Waals surface area contributed by atoms with Gasteiger partial charge in [-0.1, -0.05) is 28.1 Å². The number of nitro benzene ring substituents is 1. The van der Waals surface area contributed by atoms with Gasteiger partial charge in [-0.05, 0) is 6.07 Å². The highest BCUT2D eigenvalue weighted by atomic mass is 79.9. The van der Waals surface area contributed by atoms with Crippen LogP contribution < -0.4 is 5.32 Å². The van der Waals surface area contributed by atoms with E-state index in [0.29, 0.717) is 11.9 Å². The zero-order chi connectivity index (χ0) is 14.5. The number of rotatable bonds is 5. The first-order valence-corrected chi connectivity index (χ1v) is 6.74. The summed E-state index contributed by atoms with van der Waals surface area (Å²) in [4.78, 5) is 14.4. The zero-order valence-corrected chi connectivity index (χ0v) is 11.8. The number of alkyl halides is 1. The highest BCUT2D eigenvalue weighted by molar-refractivity contribution is 9.09. The maximum atomic E-state index is 11.0. The van der Waals surface area contributed by atoms with Crippen LogP contribution in [0.1, 0.15) is 5.69 Å². The molecule has 0 fully saturated rings. The molecule has 2 aromatic rings. The first kappa shape index (κ1) is 14.0. The summed E-state index contributed by atoms with van der Waals surface area (Å²) in [5.41, 5.74) is 0.185. The normalized spacial score (nSPS) is 10.0. The van der Waals surface area contributed by atoms with Gasteiger partial charge >= 0.3 is 0 Å². The second-order valence-corrected chi connectivity index (χ2v) is 4.49. The number of nitriles is 1. The van der Waals surface area contributed by atoms with Crippen LogP contribution in [0.4, 0.5) is 11.6 Å². The van der Waals surface area contributed by atoms with Crippen LogP contribution in [0.15, 0.2) is 28.7 Å². The molecule has 0 aliphatic heterocycles. The molecule has 8 heteroatoms. The van der Waals surface area contributed by atoms with Crippen molar-refractivity contribution in [1.82, 2.24) is 4.98 Å². The Bertz CT molecular complexity index is 678. The van der Waals surface area contributed by atoms with Crippen molar-refractivity contribution in [3.05, 3.63) is 40.1 Å². The first-order valence-electron chi connectivity index (χ1n) is 5.62. The number of oxazole rings is 1.